The number of hydrogen-bond acceptors (Lipinski definition) is 2. The van der Waals surface area contributed by atoms with Crippen molar-refractivity contribution in [2.24, 2.45) is 0 Å². The molecule has 0 aliphatic carbocycles. The highest BCUT2D eigenvalue weighted by Crippen LogP contribution is 2.19. The van der Waals surface area contributed by atoms with E-state index in [4.69, 9.17) is 0 Å². The summed E-state index contributed by atoms with van der Waals surface area (Å²) in [5.41, 5.74) is 4.00. The van der Waals surface area contributed by atoms with Gasteiger partial charge in [0.2, 0.25) is 0 Å². The van der Waals surface area contributed by atoms with Crippen molar-refractivity contribution in [3.63, 3.8) is 0 Å². The summed E-state index contributed by atoms with van der Waals surface area (Å²) in [6.07, 6.45) is 1.25. The minimum absolute atomic E-state index is 0. The standard InChI is InChI=1S/C18H22N2.ClH/c1-2-5-17(6-3-1)18-9-7-16(8-10-18)15-20-13-4-11-19-12-14-20;/h1-3,5-10,19H,4,11-15H2;1H. The Balaban J connectivity index is 0.00000161. The van der Waals surface area contributed by atoms with Crippen molar-refractivity contribution < 1.29 is 0 Å². The van der Waals surface area contributed by atoms with E-state index in [0.29, 0.717) is 0 Å². The maximum absolute atomic E-state index is 3.45. The summed E-state index contributed by atoms with van der Waals surface area (Å²) in [5, 5.41) is 3.45. The van der Waals surface area contributed by atoms with Crippen LogP contribution >= 0.6 is 12.4 Å². The minimum atomic E-state index is 0. The second-order valence-corrected chi connectivity index (χ2v) is 5.44. The molecule has 112 valence electrons. The third kappa shape index (κ3) is 4.57. The Morgan fingerprint density at radius 3 is 2.29 bits per heavy atom. The lowest BCUT2D eigenvalue weighted by Crippen LogP contribution is -2.27. The van der Waals surface area contributed by atoms with Gasteiger partial charge in [0.15, 0.2) is 0 Å². The zero-order chi connectivity index (χ0) is 13.6. The van der Waals surface area contributed by atoms with E-state index in [1.165, 1.54) is 29.7 Å². The zero-order valence-electron chi connectivity index (χ0n) is 12.3. The summed E-state index contributed by atoms with van der Waals surface area (Å²) in [6, 6.07) is 19.6. The van der Waals surface area contributed by atoms with Crippen molar-refractivity contribution in [1.29, 1.82) is 0 Å². The number of nitrogens with one attached hydrogen (secondary N) is 1. The highest BCUT2D eigenvalue weighted by molar-refractivity contribution is 5.85. The van der Waals surface area contributed by atoms with Crippen LogP contribution in [0.2, 0.25) is 0 Å². The van der Waals surface area contributed by atoms with Gasteiger partial charge >= 0.3 is 0 Å². The SMILES string of the molecule is Cl.c1ccc(-c2ccc(CN3CCCNCC3)cc2)cc1. The van der Waals surface area contributed by atoms with Gasteiger partial charge in [0.1, 0.15) is 0 Å². The van der Waals surface area contributed by atoms with Crippen molar-refractivity contribution in [3.05, 3.63) is 60.2 Å². The van der Waals surface area contributed by atoms with Gasteiger partial charge in [-0.25, -0.2) is 0 Å². The first-order chi connectivity index (χ1) is 9.92. The zero-order valence-corrected chi connectivity index (χ0v) is 13.1. The Bertz CT molecular complexity index is 517. The van der Waals surface area contributed by atoms with E-state index in [1.54, 1.807) is 0 Å². The first-order valence-corrected chi connectivity index (χ1v) is 7.49. The van der Waals surface area contributed by atoms with Crippen LogP contribution in [0, 0.1) is 0 Å². The normalized spacial score (nSPS) is 16.0. The summed E-state index contributed by atoms with van der Waals surface area (Å²) in [4.78, 5) is 2.54. The van der Waals surface area contributed by atoms with Crippen LogP contribution in [0.1, 0.15) is 12.0 Å². The molecule has 0 atom stereocenters. The molecular weight excluding hydrogens is 280 g/mol. The monoisotopic (exact) mass is 302 g/mol. The van der Waals surface area contributed by atoms with Crippen molar-refractivity contribution in [2.45, 2.75) is 13.0 Å². The van der Waals surface area contributed by atoms with E-state index in [0.717, 1.165) is 26.2 Å². The van der Waals surface area contributed by atoms with E-state index < -0.39 is 0 Å². The number of nitrogens with zero attached hydrogens (tertiary/aromatic N) is 1. The van der Waals surface area contributed by atoms with Crippen LogP contribution in [-0.2, 0) is 6.54 Å². The van der Waals surface area contributed by atoms with Crippen LogP contribution in [0.5, 0.6) is 0 Å². The van der Waals surface area contributed by atoms with Gasteiger partial charge in [0.05, 0.1) is 0 Å². The average molecular weight is 303 g/mol. The summed E-state index contributed by atoms with van der Waals surface area (Å²) in [6.45, 7) is 5.69. The van der Waals surface area contributed by atoms with Crippen LogP contribution < -0.4 is 5.32 Å². The first kappa shape index (κ1) is 16.0. The third-order valence-corrected chi connectivity index (χ3v) is 3.90. The Labute approximate surface area is 133 Å². The van der Waals surface area contributed by atoms with Crippen LogP contribution in [-0.4, -0.2) is 31.1 Å². The van der Waals surface area contributed by atoms with Crippen LogP contribution in [0.3, 0.4) is 0 Å². The second-order valence-electron chi connectivity index (χ2n) is 5.44. The molecule has 1 saturated heterocycles. The third-order valence-electron chi connectivity index (χ3n) is 3.90. The van der Waals surface area contributed by atoms with Crippen molar-refractivity contribution in [2.75, 3.05) is 26.2 Å². The lowest BCUT2D eigenvalue weighted by atomic mass is 10.0. The van der Waals surface area contributed by atoms with E-state index in [2.05, 4.69) is 64.8 Å². The molecule has 2 aromatic rings. The molecule has 21 heavy (non-hydrogen) atoms. The molecule has 3 heteroatoms. The maximum atomic E-state index is 3.45. The van der Waals surface area contributed by atoms with Crippen LogP contribution in [0.4, 0.5) is 0 Å². The highest BCUT2D eigenvalue weighted by atomic mass is 35.5. The Morgan fingerprint density at radius 2 is 1.52 bits per heavy atom. The summed E-state index contributed by atoms with van der Waals surface area (Å²) in [7, 11) is 0. The molecule has 0 spiro atoms. The molecule has 0 aromatic heterocycles. The van der Waals surface area contributed by atoms with E-state index in [-0.39, 0.29) is 12.4 Å². The molecule has 2 aromatic carbocycles. The molecule has 1 aliphatic heterocycles. The average Bonchev–Trinajstić information content (AvgIpc) is 2.78. The Morgan fingerprint density at radius 1 is 0.810 bits per heavy atom. The number of benzene rings is 2. The Hall–Kier alpha value is -1.35. The molecule has 0 saturated carbocycles. The van der Waals surface area contributed by atoms with Gasteiger partial charge in [-0.2, -0.15) is 0 Å². The fourth-order valence-electron chi connectivity index (χ4n) is 2.75. The molecular formula is C18H23ClN2. The van der Waals surface area contributed by atoms with E-state index in [9.17, 15) is 0 Å². The van der Waals surface area contributed by atoms with E-state index in [1.807, 2.05) is 0 Å². The Kier molecular flexibility index (Phi) is 6.24. The lowest BCUT2D eigenvalue weighted by molar-refractivity contribution is 0.284. The molecule has 0 bridgehead atoms. The van der Waals surface area contributed by atoms with Crippen molar-refractivity contribution in [1.82, 2.24) is 10.2 Å². The fourth-order valence-corrected chi connectivity index (χ4v) is 2.75. The number of rotatable bonds is 3. The predicted octanol–water partition coefficient (Wildman–Crippen LogP) is 3.57. The number of hydrogen-bond donors (Lipinski definition) is 1. The summed E-state index contributed by atoms with van der Waals surface area (Å²) < 4.78 is 0. The molecule has 1 fully saturated rings. The molecule has 0 amide bonds. The quantitative estimate of drug-likeness (QED) is 0.932. The van der Waals surface area contributed by atoms with Crippen molar-refractivity contribution in [3.8, 4) is 11.1 Å². The minimum Gasteiger partial charge on any atom is -0.315 e. The summed E-state index contributed by atoms with van der Waals surface area (Å²) >= 11 is 0. The first-order valence-electron chi connectivity index (χ1n) is 7.49. The molecule has 1 heterocycles. The predicted molar refractivity (Wildman–Crippen MR) is 91.9 cm³/mol. The van der Waals surface area contributed by atoms with Gasteiger partial charge in [-0.05, 0) is 36.2 Å². The van der Waals surface area contributed by atoms with Gasteiger partial charge in [0.25, 0.3) is 0 Å². The molecule has 0 unspecified atom stereocenters. The topological polar surface area (TPSA) is 15.3 Å². The van der Waals surface area contributed by atoms with Crippen LogP contribution in [0.15, 0.2) is 54.6 Å². The van der Waals surface area contributed by atoms with Gasteiger partial charge in [0, 0.05) is 19.6 Å². The fraction of sp³-hybridized carbons (Fsp3) is 0.333. The lowest BCUT2D eigenvalue weighted by Gasteiger charge is -2.19. The maximum Gasteiger partial charge on any atom is 0.0234 e. The highest BCUT2D eigenvalue weighted by Gasteiger charge is 2.08. The van der Waals surface area contributed by atoms with Gasteiger partial charge < -0.3 is 5.32 Å². The summed E-state index contributed by atoms with van der Waals surface area (Å²) in [5.74, 6) is 0. The molecule has 1 N–H and O–H groups in total. The molecule has 3 rings (SSSR count). The van der Waals surface area contributed by atoms with Gasteiger partial charge in [-0.3, -0.25) is 4.90 Å². The van der Waals surface area contributed by atoms with Gasteiger partial charge in [-0.1, -0.05) is 54.6 Å². The number of halogens is 1. The van der Waals surface area contributed by atoms with Crippen molar-refractivity contribution >= 4 is 12.4 Å². The van der Waals surface area contributed by atoms with E-state index >= 15 is 0 Å². The van der Waals surface area contributed by atoms with Gasteiger partial charge in [-0.15, -0.1) is 12.4 Å². The molecule has 1 aliphatic rings. The molecule has 2 nitrogen and oxygen atoms in total. The second kappa shape index (κ2) is 8.18. The van der Waals surface area contributed by atoms with Crippen LogP contribution in [0.25, 0.3) is 11.1 Å². The smallest absolute Gasteiger partial charge is 0.0234 e. The molecule has 0 radical (unpaired) electrons. The largest absolute Gasteiger partial charge is 0.315 e.